The molecular weight excluding hydrogens is 410 g/mol. The van der Waals surface area contributed by atoms with Crippen molar-refractivity contribution in [1.82, 2.24) is 4.57 Å². The highest BCUT2D eigenvalue weighted by Crippen LogP contribution is 2.33. The Morgan fingerprint density at radius 3 is 2.23 bits per heavy atom. The molecule has 31 heavy (non-hydrogen) atoms. The Bertz CT molecular complexity index is 1300. The van der Waals surface area contributed by atoms with E-state index in [-0.39, 0.29) is 11.2 Å². The Morgan fingerprint density at radius 2 is 1.45 bits per heavy atom. The lowest BCUT2D eigenvalue weighted by Gasteiger charge is -2.38. The topological polar surface area (TPSA) is 48.7 Å². The molecule has 1 aliphatic heterocycles. The molecule has 5 rings (SSSR count). The maximum atomic E-state index is 12.9. The van der Waals surface area contributed by atoms with Crippen LogP contribution in [0.5, 0.6) is 5.75 Å². The average molecular weight is 432 g/mol. The molecule has 1 saturated heterocycles. The van der Waals surface area contributed by atoms with Crippen molar-refractivity contribution >= 4 is 34.0 Å². The molecule has 3 aromatic carbocycles. The Hall–Kier alpha value is -3.44. The number of hydrogen-bond donors (Lipinski definition) is 1. The van der Waals surface area contributed by atoms with Crippen molar-refractivity contribution in [2.45, 2.75) is 0 Å². The molecule has 0 atom stereocenters. The quantitative estimate of drug-likeness (QED) is 0.512. The number of phenolic OH excluding ortho intramolecular Hbond substituents is 1. The van der Waals surface area contributed by atoms with Gasteiger partial charge in [-0.3, -0.25) is 9.36 Å². The van der Waals surface area contributed by atoms with E-state index >= 15 is 0 Å². The van der Waals surface area contributed by atoms with Crippen molar-refractivity contribution < 1.29 is 5.11 Å². The van der Waals surface area contributed by atoms with Crippen LogP contribution >= 0.6 is 11.6 Å². The van der Waals surface area contributed by atoms with Crippen LogP contribution < -0.4 is 15.2 Å². The van der Waals surface area contributed by atoms with Gasteiger partial charge in [0.25, 0.3) is 0 Å². The van der Waals surface area contributed by atoms with Crippen LogP contribution in [0.4, 0.5) is 11.5 Å². The minimum atomic E-state index is -0.0335. The summed E-state index contributed by atoms with van der Waals surface area (Å²) in [6, 6.07) is 24.5. The number of aromatic hydroxyl groups is 1. The number of anilines is 2. The van der Waals surface area contributed by atoms with Crippen LogP contribution in [0.3, 0.4) is 0 Å². The van der Waals surface area contributed by atoms with E-state index in [9.17, 15) is 9.90 Å². The molecule has 2 heterocycles. The first-order chi connectivity index (χ1) is 15.1. The second-order valence-electron chi connectivity index (χ2n) is 7.66. The molecule has 0 spiro atoms. The molecule has 1 fully saturated rings. The molecule has 156 valence electrons. The van der Waals surface area contributed by atoms with E-state index in [0.717, 1.165) is 37.5 Å². The summed E-state index contributed by atoms with van der Waals surface area (Å²) < 4.78 is 1.94. The Kier molecular flexibility index (Phi) is 5.04. The Labute approximate surface area is 185 Å². The molecule has 0 aliphatic carbocycles. The second-order valence-corrected chi connectivity index (χ2v) is 8.10. The zero-order valence-corrected chi connectivity index (χ0v) is 17.7. The smallest absolute Gasteiger partial charge is 0.191 e. The molecule has 1 N–H and O–H groups in total. The number of rotatable bonds is 3. The van der Waals surface area contributed by atoms with E-state index in [1.54, 1.807) is 24.3 Å². The third kappa shape index (κ3) is 3.62. The summed E-state index contributed by atoms with van der Waals surface area (Å²) >= 11 is 6.27. The van der Waals surface area contributed by atoms with Crippen molar-refractivity contribution in [3.8, 4) is 11.4 Å². The van der Waals surface area contributed by atoms with Crippen LogP contribution in [-0.2, 0) is 0 Å². The van der Waals surface area contributed by atoms with Crippen LogP contribution in [0.15, 0.2) is 83.7 Å². The fourth-order valence-corrected chi connectivity index (χ4v) is 4.42. The van der Waals surface area contributed by atoms with E-state index in [1.807, 2.05) is 47.0 Å². The number of hydrogen-bond acceptors (Lipinski definition) is 4. The summed E-state index contributed by atoms with van der Waals surface area (Å²) in [5.74, 6) is 0.872. The van der Waals surface area contributed by atoms with Gasteiger partial charge in [0.15, 0.2) is 5.43 Å². The highest BCUT2D eigenvalue weighted by molar-refractivity contribution is 6.30. The number of fused-ring (bicyclic) bond motifs is 1. The van der Waals surface area contributed by atoms with E-state index < -0.39 is 0 Å². The third-order valence-electron chi connectivity index (χ3n) is 5.80. The molecule has 0 radical (unpaired) electrons. The van der Waals surface area contributed by atoms with Crippen molar-refractivity contribution in [3.05, 3.63) is 94.1 Å². The molecule has 0 saturated carbocycles. The van der Waals surface area contributed by atoms with Crippen LogP contribution in [0.25, 0.3) is 16.6 Å². The number of para-hydroxylation sites is 2. The molecular formula is C25H22ClN3O2. The SMILES string of the molecule is O=c1cc(N2CCN(c3ccccc3)CC2)n(-c2cc(Cl)ccc2O)c2ccccc12. The number of pyridine rings is 1. The van der Waals surface area contributed by atoms with Crippen molar-refractivity contribution in [2.75, 3.05) is 36.0 Å². The normalized spacial score (nSPS) is 14.2. The highest BCUT2D eigenvalue weighted by atomic mass is 35.5. The summed E-state index contributed by atoms with van der Waals surface area (Å²) in [5.41, 5.74) is 2.47. The fourth-order valence-electron chi connectivity index (χ4n) is 4.25. The molecule has 0 bridgehead atoms. The van der Waals surface area contributed by atoms with Crippen LogP contribution in [-0.4, -0.2) is 35.9 Å². The fraction of sp³-hybridized carbons (Fsp3) is 0.160. The standard InChI is InChI=1S/C25H22ClN3O2/c26-18-10-11-23(30)22(16-18)29-21-9-5-4-8-20(21)24(31)17-25(29)28-14-12-27(13-15-28)19-6-2-1-3-7-19/h1-11,16-17,30H,12-15H2. The highest BCUT2D eigenvalue weighted by Gasteiger charge is 2.23. The number of nitrogens with zero attached hydrogens (tertiary/aromatic N) is 3. The molecule has 0 unspecified atom stereocenters. The monoisotopic (exact) mass is 431 g/mol. The minimum absolute atomic E-state index is 0.0335. The largest absolute Gasteiger partial charge is 0.506 e. The van der Waals surface area contributed by atoms with Crippen LogP contribution in [0.2, 0.25) is 5.02 Å². The number of benzene rings is 3. The van der Waals surface area contributed by atoms with Crippen molar-refractivity contribution in [2.24, 2.45) is 0 Å². The van der Waals surface area contributed by atoms with Gasteiger partial charge in [0, 0.05) is 48.3 Å². The lowest BCUT2D eigenvalue weighted by atomic mass is 10.1. The first-order valence-electron chi connectivity index (χ1n) is 10.3. The van der Waals surface area contributed by atoms with E-state index in [4.69, 9.17) is 11.6 Å². The Morgan fingerprint density at radius 1 is 0.774 bits per heavy atom. The van der Waals surface area contributed by atoms with Crippen LogP contribution in [0, 0.1) is 0 Å². The molecule has 5 nitrogen and oxygen atoms in total. The first kappa shape index (κ1) is 19.5. The van der Waals surface area contributed by atoms with Crippen molar-refractivity contribution in [3.63, 3.8) is 0 Å². The third-order valence-corrected chi connectivity index (χ3v) is 6.04. The zero-order valence-electron chi connectivity index (χ0n) is 16.9. The number of phenols is 1. The van der Waals surface area contributed by atoms with Gasteiger partial charge >= 0.3 is 0 Å². The number of aromatic nitrogens is 1. The van der Waals surface area contributed by atoms with Gasteiger partial charge in [-0.1, -0.05) is 41.9 Å². The first-order valence-corrected chi connectivity index (χ1v) is 10.7. The lowest BCUT2D eigenvalue weighted by Crippen LogP contribution is -2.47. The van der Waals surface area contributed by atoms with Gasteiger partial charge in [0.1, 0.15) is 11.6 Å². The van der Waals surface area contributed by atoms with Crippen molar-refractivity contribution in [1.29, 1.82) is 0 Å². The molecule has 1 aliphatic rings. The maximum absolute atomic E-state index is 12.9. The predicted molar refractivity (Wildman–Crippen MR) is 127 cm³/mol. The van der Waals surface area contributed by atoms with Gasteiger partial charge in [0.05, 0.1) is 11.2 Å². The van der Waals surface area contributed by atoms with E-state index in [2.05, 4.69) is 21.9 Å². The molecule has 0 amide bonds. The molecule has 4 aromatic rings. The minimum Gasteiger partial charge on any atom is -0.506 e. The van der Waals surface area contributed by atoms with Gasteiger partial charge in [-0.25, -0.2) is 0 Å². The summed E-state index contributed by atoms with van der Waals surface area (Å²) in [6.07, 6.45) is 0. The summed E-state index contributed by atoms with van der Waals surface area (Å²) in [7, 11) is 0. The Balaban J connectivity index is 1.61. The van der Waals surface area contributed by atoms with Crippen LogP contribution in [0.1, 0.15) is 0 Å². The second kappa shape index (κ2) is 8.00. The van der Waals surface area contributed by atoms with Gasteiger partial charge in [-0.2, -0.15) is 0 Å². The van der Waals surface area contributed by atoms with Gasteiger partial charge in [-0.15, -0.1) is 0 Å². The van der Waals surface area contributed by atoms with Gasteiger partial charge < -0.3 is 14.9 Å². The lowest BCUT2D eigenvalue weighted by molar-refractivity contribution is 0.472. The number of piperazine rings is 1. The van der Waals surface area contributed by atoms with Gasteiger partial charge in [-0.05, 0) is 42.5 Å². The van der Waals surface area contributed by atoms with E-state index in [1.165, 1.54) is 5.69 Å². The summed E-state index contributed by atoms with van der Waals surface area (Å²) in [5, 5.41) is 11.8. The number of halogens is 1. The van der Waals surface area contributed by atoms with E-state index in [0.29, 0.717) is 16.1 Å². The predicted octanol–water partition coefficient (Wildman–Crippen LogP) is 4.68. The zero-order chi connectivity index (χ0) is 21.4. The van der Waals surface area contributed by atoms with Gasteiger partial charge in [0.2, 0.25) is 0 Å². The molecule has 6 heteroatoms. The summed E-state index contributed by atoms with van der Waals surface area (Å²) in [6.45, 7) is 3.20. The maximum Gasteiger partial charge on any atom is 0.191 e. The molecule has 1 aromatic heterocycles. The average Bonchev–Trinajstić information content (AvgIpc) is 2.81. The summed E-state index contributed by atoms with van der Waals surface area (Å²) in [4.78, 5) is 17.5.